The van der Waals surface area contributed by atoms with Crippen LogP contribution in [0.1, 0.15) is 38.8 Å². The maximum atomic E-state index is 15.3. The summed E-state index contributed by atoms with van der Waals surface area (Å²) in [4.78, 5) is 4.72. The van der Waals surface area contributed by atoms with Gasteiger partial charge in [0, 0.05) is 56.0 Å². The number of methoxy groups -OCH3 is 2. The Balaban J connectivity index is 1.76. The first-order valence-corrected chi connectivity index (χ1v) is 16.9. The molecule has 0 bridgehead atoms. The van der Waals surface area contributed by atoms with E-state index in [2.05, 4.69) is 19.6 Å². The number of rotatable bonds is 10. The zero-order valence-electron chi connectivity index (χ0n) is 24.4. The molecule has 1 fully saturated rings. The van der Waals surface area contributed by atoms with Crippen LogP contribution in [0.15, 0.2) is 24.5 Å². The number of benzene rings is 1. The summed E-state index contributed by atoms with van der Waals surface area (Å²) in [5.74, 6) is -1.70. The third-order valence-electron chi connectivity index (χ3n) is 7.60. The molecule has 1 aliphatic rings. The average Bonchev–Trinajstić information content (AvgIpc) is 3.30. The van der Waals surface area contributed by atoms with Crippen LogP contribution in [-0.2, 0) is 27.2 Å². The van der Waals surface area contributed by atoms with E-state index in [0.29, 0.717) is 17.8 Å². The number of hydrogen-bond donors (Lipinski definition) is 0. The Labute approximate surface area is 230 Å². The van der Waals surface area contributed by atoms with Crippen LogP contribution in [0.4, 0.5) is 8.78 Å². The molecular weight excluding hydrogens is 521 g/mol. The topological polar surface area (TPSA) is 64.0 Å². The molecule has 0 aliphatic carbocycles. The van der Waals surface area contributed by atoms with E-state index in [0.717, 1.165) is 16.9 Å². The predicted octanol–water partition coefficient (Wildman–Crippen LogP) is 5.53. The van der Waals surface area contributed by atoms with Gasteiger partial charge in [0.1, 0.15) is 12.4 Å². The third kappa shape index (κ3) is 6.01. The van der Waals surface area contributed by atoms with Crippen LogP contribution < -0.4 is 14.9 Å². The lowest BCUT2D eigenvalue weighted by molar-refractivity contribution is 0.00578. The van der Waals surface area contributed by atoms with Crippen molar-refractivity contribution in [3.8, 4) is 11.5 Å². The average molecular weight is 561 g/mol. The summed E-state index contributed by atoms with van der Waals surface area (Å²) in [7, 11) is 0.794. The number of hydrogen-bond acceptors (Lipinski definition) is 6. The van der Waals surface area contributed by atoms with Gasteiger partial charge in [-0.1, -0.05) is 19.6 Å². The van der Waals surface area contributed by atoms with Gasteiger partial charge in [0.15, 0.2) is 23.1 Å². The Morgan fingerprint density at radius 2 is 1.56 bits per heavy atom. The first kappa shape index (κ1) is 29.5. The van der Waals surface area contributed by atoms with E-state index in [9.17, 15) is 0 Å². The summed E-state index contributed by atoms with van der Waals surface area (Å²) < 4.78 is 61.2. The van der Waals surface area contributed by atoms with Gasteiger partial charge in [-0.3, -0.25) is 0 Å². The molecule has 0 amide bonds. The molecule has 1 aromatic carbocycles. The van der Waals surface area contributed by atoms with Crippen molar-refractivity contribution >= 4 is 31.7 Å². The number of halogens is 2. The molecule has 7 nitrogen and oxygen atoms in total. The lowest BCUT2D eigenvalue weighted by atomic mass is 9.79. The Bertz CT molecular complexity index is 1310. The molecule has 0 atom stereocenters. The van der Waals surface area contributed by atoms with E-state index in [1.54, 1.807) is 6.20 Å². The summed E-state index contributed by atoms with van der Waals surface area (Å²) in [5, 5.41) is 0.733. The highest BCUT2D eigenvalue weighted by atomic mass is 28.3. The molecule has 0 radical (unpaired) electrons. The van der Waals surface area contributed by atoms with Gasteiger partial charge >= 0.3 is 7.12 Å². The molecule has 2 aromatic heterocycles. The number of nitrogens with zero attached hydrogens (tertiary/aromatic N) is 2. The SMILES string of the molecule is COc1cc(OC)c(F)c(Cc2cn(COCC[Si](C)(C)C)c3ncc(B4OC(C)(C)C(C)(C)O4)cc23)c1F. The van der Waals surface area contributed by atoms with E-state index >= 15 is 8.78 Å². The minimum Gasteiger partial charge on any atom is -0.494 e. The Morgan fingerprint density at radius 1 is 0.974 bits per heavy atom. The summed E-state index contributed by atoms with van der Waals surface area (Å²) in [6.45, 7) is 15.7. The van der Waals surface area contributed by atoms with Gasteiger partial charge in [-0.25, -0.2) is 13.8 Å². The number of ether oxygens (including phenoxy) is 3. The highest BCUT2D eigenvalue weighted by Crippen LogP contribution is 2.37. The van der Waals surface area contributed by atoms with Crippen molar-refractivity contribution in [2.45, 2.75) is 77.7 Å². The van der Waals surface area contributed by atoms with Crippen LogP contribution in [0.3, 0.4) is 0 Å². The summed E-state index contributed by atoms with van der Waals surface area (Å²) >= 11 is 0. The normalized spacial score (nSPS) is 16.7. The largest absolute Gasteiger partial charge is 0.496 e. The molecule has 0 unspecified atom stereocenters. The number of pyridine rings is 1. The van der Waals surface area contributed by atoms with Crippen LogP contribution in [0.25, 0.3) is 11.0 Å². The van der Waals surface area contributed by atoms with Crippen molar-refractivity contribution in [3.63, 3.8) is 0 Å². The van der Waals surface area contributed by atoms with Crippen molar-refractivity contribution in [2.24, 2.45) is 0 Å². The lowest BCUT2D eigenvalue weighted by Crippen LogP contribution is -2.41. The van der Waals surface area contributed by atoms with Crippen LogP contribution in [0, 0.1) is 11.6 Å². The van der Waals surface area contributed by atoms with Crippen molar-refractivity contribution in [1.29, 1.82) is 0 Å². The van der Waals surface area contributed by atoms with Crippen molar-refractivity contribution in [2.75, 3.05) is 20.8 Å². The summed E-state index contributed by atoms with van der Waals surface area (Å²) in [6, 6.07) is 4.16. The molecule has 1 saturated heterocycles. The van der Waals surface area contributed by atoms with Crippen molar-refractivity contribution in [1.82, 2.24) is 9.55 Å². The molecule has 39 heavy (non-hydrogen) atoms. The monoisotopic (exact) mass is 560 g/mol. The Morgan fingerprint density at radius 3 is 2.10 bits per heavy atom. The summed E-state index contributed by atoms with van der Waals surface area (Å²) in [5.41, 5.74) is 0.867. The number of aromatic nitrogens is 2. The fourth-order valence-electron chi connectivity index (χ4n) is 4.43. The van der Waals surface area contributed by atoms with Crippen LogP contribution in [0.5, 0.6) is 11.5 Å². The molecular formula is C28H39BF2N2O5Si. The van der Waals surface area contributed by atoms with Crippen molar-refractivity contribution in [3.05, 3.63) is 47.3 Å². The zero-order chi connectivity index (χ0) is 28.8. The molecule has 3 heterocycles. The van der Waals surface area contributed by atoms with E-state index in [1.807, 2.05) is 44.5 Å². The standard InChI is InChI=1S/C28H39BF2N2O5Si/c1-27(2)28(3,4)38-29(37-27)19-13-20-18(12-21-24(30)22(34-5)14-23(35-6)25(21)31)16-33(26(20)32-15-19)17-36-10-11-39(7,8)9/h13-16H,10-12,17H2,1-9H3. The van der Waals surface area contributed by atoms with Crippen LogP contribution in [0.2, 0.25) is 25.7 Å². The second-order valence-corrected chi connectivity index (χ2v) is 17.9. The maximum Gasteiger partial charge on any atom is 0.496 e. The second kappa shape index (κ2) is 10.8. The van der Waals surface area contributed by atoms with Crippen molar-refractivity contribution < 1.29 is 32.3 Å². The highest BCUT2D eigenvalue weighted by Gasteiger charge is 2.52. The summed E-state index contributed by atoms with van der Waals surface area (Å²) in [6.07, 6.45) is 3.52. The first-order chi connectivity index (χ1) is 18.2. The first-order valence-electron chi connectivity index (χ1n) is 13.2. The molecule has 4 rings (SSSR count). The minimum absolute atomic E-state index is 0.0435. The molecule has 1 aliphatic heterocycles. The Hall–Kier alpha value is -2.47. The highest BCUT2D eigenvalue weighted by molar-refractivity contribution is 6.76. The number of fused-ring (bicyclic) bond motifs is 1. The zero-order valence-corrected chi connectivity index (χ0v) is 25.4. The third-order valence-corrected chi connectivity index (χ3v) is 9.31. The lowest BCUT2D eigenvalue weighted by Gasteiger charge is -2.32. The minimum atomic E-state index is -1.26. The van der Waals surface area contributed by atoms with Gasteiger partial charge in [0.25, 0.3) is 0 Å². The van der Waals surface area contributed by atoms with Gasteiger partial charge in [-0.2, -0.15) is 0 Å². The maximum absolute atomic E-state index is 15.3. The van der Waals surface area contributed by atoms with Crippen LogP contribution in [-0.4, -0.2) is 56.8 Å². The van der Waals surface area contributed by atoms with E-state index in [1.165, 1.54) is 20.3 Å². The fourth-order valence-corrected chi connectivity index (χ4v) is 5.19. The predicted molar refractivity (Wildman–Crippen MR) is 152 cm³/mol. The smallest absolute Gasteiger partial charge is 0.494 e. The van der Waals surface area contributed by atoms with Gasteiger partial charge in [0.05, 0.1) is 25.4 Å². The molecule has 0 spiro atoms. The fraction of sp³-hybridized carbons (Fsp3) is 0.536. The van der Waals surface area contributed by atoms with Crippen LogP contribution >= 0.6 is 0 Å². The van der Waals surface area contributed by atoms with E-state index in [4.69, 9.17) is 28.5 Å². The quantitative estimate of drug-likeness (QED) is 0.240. The Kier molecular flexibility index (Phi) is 8.20. The molecule has 0 saturated carbocycles. The second-order valence-electron chi connectivity index (χ2n) is 12.3. The van der Waals surface area contributed by atoms with E-state index < -0.39 is 38.0 Å². The molecule has 0 N–H and O–H groups in total. The van der Waals surface area contributed by atoms with Gasteiger partial charge in [-0.05, 0) is 45.4 Å². The van der Waals surface area contributed by atoms with Gasteiger partial charge in [-0.15, -0.1) is 0 Å². The molecule has 3 aromatic rings. The van der Waals surface area contributed by atoms with E-state index in [-0.39, 0.29) is 30.2 Å². The molecule has 212 valence electrons. The van der Waals surface area contributed by atoms with Gasteiger partial charge < -0.3 is 28.1 Å². The molecule has 11 heteroatoms. The van der Waals surface area contributed by atoms with Gasteiger partial charge in [0.2, 0.25) is 0 Å².